The van der Waals surface area contributed by atoms with Gasteiger partial charge in [0.2, 0.25) is 0 Å². The van der Waals surface area contributed by atoms with Crippen LogP contribution >= 0.6 is 0 Å². The van der Waals surface area contributed by atoms with E-state index in [0.29, 0.717) is 11.8 Å². The van der Waals surface area contributed by atoms with Crippen LogP contribution in [0.5, 0.6) is 0 Å². The molecule has 0 unspecified atom stereocenters. The molecule has 0 fully saturated rings. The fourth-order valence-corrected chi connectivity index (χ4v) is 10.2. The van der Waals surface area contributed by atoms with E-state index in [2.05, 4.69) is 215 Å². The van der Waals surface area contributed by atoms with E-state index in [1.165, 1.54) is 27.1 Å². The third-order valence-corrected chi connectivity index (χ3v) is 13.9. The Morgan fingerprint density at radius 3 is 1.98 bits per heavy atom. The van der Waals surface area contributed by atoms with Gasteiger partial charge in [-0.3, -0.25) is 4.98 Å². The van der Waals surface area contributed by atoms with Crippen molar-refractivity contribution in [2.75, 3.05) is 0 Å². The molecule has 4 nitrogen and oxygen atoms in total. The molecule has 0 aliphatic carbocycles. The van der Waals surface area contributed by atoms with Gasteiger partial charge >= 0.3 is 0 Å². The van der Waals surface area contributed by atoms with Crippen LogP contribution < -0.4 is 5.19 Å². The Balaban J connectivity index is 0.000000225. The van der Waals surface area contributed by atoms with Crippen LogP contribution in [0.4, 0.5) is 0 Å². The van der Waals surface area contributed by atoms with Gasteiger partial charge in [0, 0.05) is 49.3 Å². The van der Waals surface area contributed by atoms with Crippen LogP contribution in [-0.2, 0) is 26.5 Å². The van der Waals surface area contributed by atoms with Gasteiger partial charge in [-0.25, -0.2) is 0 Å². The summed E-state index contributed by atoms with van der Waals surface area (Å²) >= 11 is 0. The van der Waals surface area contributed by atoms with Gasteiger partial charge in [0.15, 0.2) is 0 Å². The molecular formula is C58H53IrN3OSi-2. The smallest absolute Gasteiger partial charge is 0.0798 e. The van der Waals surface area contributed by atoms with Gasteiger partial charge in [0.1, 0.15) is 0 Å². The van der Waals surface area contributed by atoms with Gasteiger partial charge in [-0.2, -0.15) is 0 Å². The Morgan fingerprint density at radius 2 is 1.34 bits per heavy atom. The molecule has 10 aromatic rings. The van der Waals surface area contributed by atoms with Crippen LogP contribution in [0.15, 0.2) is 174 Å². The molecule has 0 saturated carbocycles. The Bertz CT molecular complexity index is 3120. The van der Waals surface area contributed by atoms with Crippen molar-refractivity contribution in [1.29, 1.82) is 0 Å². The zero-order valence-corrected chi connectivity index (χ0v) is 41.0. The molecule has 0 amide bonds. The van der Waals surface area contributed by atoms with Crippen LogP contribution in [0.25, 0.3) is 83.4 Å². The van der Waals surface area contributed by atoms with Gasteiger partial charge in [-0.1, -0.05) is 191 Å². The number of fused-ring (bicyclic) bond motifs is 3. The monoisotopic (exact) mass is 1030 g/mol. The number of hydrogen-bond acceptors (Lipinski definition) is 3. The van der Waals surface area contributed by atoms with Crippen LogP contribution in [0.2, 0.25) is 19.6 Å². The average molecular weight is 1030 g/mol. The number of para-hydroxylation sites is 3. The van der Waals surface area contributed by atoms with E-state index in [1.807, 2.05) is 24.3 Å². The fraction of sp³-hybridized carbons (Fsp3) is 0.172. The Labute approximate surface area is 392 Å². The Morgan fingerprint density at radius 1 is 0.672 bits per heavy atom. The first-order valence-corrected chi connectivity index (χ1v) is 25.6. The number of aromatic nitrogens is 3. The van der Waals surface area contributed by atoms with Crippen LogP contribution in [0.3, 0.4) is 0 Å². The average Bonchev–Trinajstić information content (AvgIpc) is 3.89. The second-order valence-electron chi connectivity index (χ2n) is 18.2. The van der Waals surface area contributed by atoms with Crippen molar-refractivity contribution in [3.63, 3.8) is 0 Å². The van der Waals surface area contributed by atoms with Crippen LogP contribution in [0.1, 0.15) is 44.7 Å². The molecular weight excluding hydrogens is 975 g/mol. The van der Waals surface area contributed by atoms with Crippen molar-refractivity contribution in [3.8, 4) is 50.6 Å². The van der Waals surface area contributed by atoms with Crippen molar-refractivity contribution >= 4 is 46.0 Å². The zero-order chi connectivity index (χ0) is 43.7. The summed E-state index contributed by atoms with van der Waals surface area (Å²) in [4.78, 5) is 9.93. The molecule has 0 aliphatic heterocycles. The van der Waals surface area contributed by atoms with Crippen LogP contribution in [0, 0.1) is 18.2 Å². The van der Waals surface area contributed by atoms with Crippen molar-refractivity contribution < 1.29 is 24.5 Å². The number of rotatable bonds is 9. The van der Waals surface area contributed by atoms with E-state index in [1.54, 1.807) is 0 Å². The topological polar surface area (TPSA) is 43.9 Å². The summed E-state index contributed by atoms with van der Waals surface area (Å²) in [5.74, 6) is 1.93. The standard InChI is InChI=1S/C40H29N2O.C18H24NSi.Ir/c1-26(2)29-20-21-30-23-34-35(25-43-38(34)24-31(30)22-29)40-41-36-18-9-10-19-37(36)42(40)39-32(27-12-5-3-6-13-27)16-11-17-33(39)28-14-7-4-8-15-28;1-14(2)11-16-12-17(15-9-7-6-8-10-15)19-13-18(16)20(3,4)5;/h3-24,26H,1-2H3;6-9,12-14H,11H2,1-5H3;/q2*-1;. The maximum Gasteiger partial charge on any atom is 0.0798 e. The van der Waals surface area contributed by atoms with Crippen molar-refractivity contribution in [2.45, 2.75) is 59.7 Å². The SMILES string of the molecule is CC(C)Cc1cc(-c2[c-]cccc2)ncc1[Si](C)(C)C.CC(C)c1ccc2cc3c(-c4nc5ccccc5n4-c4c(-c5ccccc5)cccc4-c4ccccc4)[c-]oc3cc2c1.[Ir]. The molecule has 3 heterocycles. The van der Waals surface area contributed by atoms with Crippen molar-refractivity contribution in [1.82, 2.24) is 14.5 Å². The first-order chi connectivity index (χ1) is 30.5. The van der Waals surface area contributed by atoms with Gasteiger partial charge in [-0.05, 0) is 68.7 Å². The Hall–Kier alpha value is -6.17. The van der Waals surface area contributed by atoms with E-state index in [4.69, 9.17) is 9.40 Å². The van der Waals surface area contributed by atoms with Crippen molar-refractivity contribution in [3.05, 3.63) is 193 Å². The summed E-state index contributed by atoms with van der Waals surface area (Å²) in [6.45, 7) is 16.2. The third kappa shape index (κ3) is 9.10. The number of pyridine rings is 1. The minimum Gasteiger partial charge on any atom is -0.557 e. The molecule has 64 heavy (non-hydrogen) atoms. The molecule has 0 atom stereocenters. The van der Waals surface area contributed by atoms with Gasteiger partial charge in [0.25, 0.3) is 0 Å². The number of imidazole rings is 1. The molecule has 0 saturated heterocycles. The van der Waals surface area contributed by atoms with E-state index in [0.717, 1.165) is 79.0 Å². The molecule has 1 radical (unpaired) electrons. The molecule has 0 N–H and O–H groups in total. The van der Waals surface area contributed by atoms with E-state index < -0.39 is 8.07 Å². The van der Waals surface area contributed by atoms with Gasteiger partial charge in [0.05, 0.1) is 30.6 Å². The second kappa shape index (κ2) is 18.9. The summed E-state index contributed by atoms with van der Waals surface area (Å²) in [6.07, 6.45) is 6.51. The van der Waals surface area contributed by atoms with E-state index in [-0.39, 0.29) is 20.1 Å². The number of benzene rings is 7. The van der Waals surface area contributed by atoms with E-state index >= 15 is 0 Å². The fourth-order valence-electron chi connectivity index (χ4n) is 8.65. The minimum absolute atomic E-state index is 0. The molecule has 6 heteroatoms. The molecule has 321 valence electrons. The largest absolute Gasteiger partial charge is 0.557 e. The summed E-state index contributed by atoms with van der Waals surface area (Å²) in [5.41, 5.74) is 14.2. The maximum absolute atomic E-state index is 6.15. The van der Waals surface area contributed by atoms with Crippen molar-refractivity contribution in [2.24, 2.45) is 5.92 Å². The second-order valence-corrected chi connectivity index (χ2v) is 23.3. The molecule has 10 rings (SSSR count). The third-order valence-electron chi connectivity index (χ3n) is 11.8. The predicted octanol–water partition coefficient (Wildman–Crippen LogP) is 15.1. The summed E-state index contributed by atoms with van der Waals surface area (Å²) in [6, 6.07) is 60.7. The Kier molecular flexibility index (Phi) is 13.1. The summed E-state index contributed by atoms with van der Waals surface area (Å²) in [7, 11) is -1.34. The van der Waals surface area contributed by atoms with Gasteiger partial charge < -0.3 is 14.0 Å². The number of furan rings is 1. The number of hydrogen-bond donors (Lipinski definition) is 0. The normalized spacial score (nSPS) is 11.6. The molecule has 0 spiro atoms. The predicted molar refractivity (Wildman–Crippen MR) is 268 cm³/mol. The molecule has 0 aliphatic rings. The number of nitrogens with zero attached hydrogens (tertiary/aromatic N) is 3. The zero-order valence-electron chi connectivity index (χ0n) is 37.6. The summed E-state index contributed by atoms with van der Waals surface area (Å²) < 4.78 is 8.45. The van der Waals surface area contributed by atoms with E-state index in [9.17, 15) is 0 Å². The quantitative estimate of drug-likeness (QED) is 0.107. The van der Waals surface area contributed by atoms with Crippen LogP contribution in [-0.4, -0.2) is 22.6 Å². The minimum atomic E-state index is -1.34. The summed E-state index contributed by atoms with van der Waals surface area (Å²) in [5, 5.41) is 4.83. The maximum atomic E-state index is 6.15. The first kappa shape index (κ1) is 44.4. The molecule has 3 aromatic heterocycles. The molecule has 0 bridgehead atoms. The van der Waals surface area contributed by atoms with Gasteiger partial charge in [-0.15, -0.1) is 35.9 Å². The first-order valence-electron chi connectivity index (χ1n) is 22.1. The molecule has 7 aromatic carbocycles.